The molecule has 0 aliphatic carbocycles. The van der Waals surface area contributed by atoms with Crippen molar-refractivity contribution >= 4 is 17.7 Å². The molecule has 1 aromatic rings. The van der Waals surface area contributed by atoms with Crippen LogP contribution in [-0.2, 0) is 9.59 Å². The van der Waals surface area contributed by atoms with E-state index in [0.29, 0.717) is 38.3 Å². The Morgan fingerprint density at radius 2 is 1.50 bits per heavy atom. The third-order valence-electron chi connectivity index (χ3n) is 6.54. The third-order valence-corrected chi connectivity index (χ3v) is 6.54. The van der Waals surface area contributed by atoms with Crippen molar-refractivity contribution in [1.82, 2.24) is 19.6 Å². The van der Waals surface area contributed by atoms with Crippen molar-refractivity contribution in [2.24, 2.45) is 0 Å². The first-order valence-electron chi connectivity index (χ1n) is 11.3. The zero-order valence-electron chi connectivity index (χ0n) is 17.7. The minimum absolute atomic E-state index is 0.0564. The maximum absolute atomic E-state index is 13.3. The van der Waals surface area contributed by atoms with Crippen molar-refractivity contribution in [3.05, 3.63) is 35.9 Å². The van der Waals surface area contributed by atoms with Crippen molar-refractivity contribution in [3.8, 4) is 0 Å². The SMILES string of the molecule is O=C(CN1CCCN(C(=O)C2CCCN2C(=O)c2ccccc2)CC1)N1CCCC1. The van der Waals surface area contributed by atoms with Gasteiger partial charge in [-0.1, -0.05) is 18.2 Å². The maximum Gasteiger partial charge on any atom is 0.254 e. The number of benzene rings is 1. The van der Waals surface area contributed by atoms with Gasteiger partial charge in [-0.15, -0.1) is 0 Å². The number of amides is 3. The van der Waals surface area contributed by atoms with Gasteiger partial charge in [0, 0.05) is 51.4 Å². The standard InChI is InChI=1S/C23H32N4O3/c28-21(25-12-4-5-13-25)18-24-11-7-14-26(17-16-24)23(30)20-10-6-15-27(20)22(29)19-8-2-1-3-9-19/h1-3,8-9,20H,4-7,10-18H2. The summed E-state index contributed by atoms with van der Waals surface area (Å²) in [5.74, 6) is 0.214. The van der Waals surface area contributed by atoms with Gasteiger partial charge in [0.05, 0.1) is 6.54 Å². The molecule has 4 rings (SSSR count). The van der Waals surface area contributed by atoms with E-state index in [0.717, 1.165) is 51.7 Å². The molecular weight excluding hydrogens is 380 g/mol. The molecule has 7 nitrogen and oxygen atoms in total. The molecule has 3 aliphatic heterocycles. The van der Waals surface area contributed by atoms with E-state index in [1.54, 1.807) is 4.90 Å². The van der Waals surface area contributed by atoms with E-state index in [2.05, 4.69) is 4.90 Å². The molecule has 162 valence electrons. The number of likely N-dealkylation sites (tertiary alicyclic amines) is 2. The molecule has 3 amide bonds. The Kier molecular flexibility index (Phi) is 6.67. The van der Waals surface area contributed by atoms with Crippen LogP contribution in [0, 0.1) is 0 Å². The van der Waals surface area contributed by atoms with Gasteiger partial charge in [-0.05, 0) is 44.2 Å². The Balaban J connectivity index is 1.34. The monoisotopic (exact) mass is 412 g/mol. The summed E-state index contributed by atoms with van der Waals surface area (Å²) in [4.78, 5) is 46.4. The van der Waals surface area contributed by atoms with Crippen molar-refractivity contribution in [2.75, 3.05) is 52.4 Å². The van der Waals surface area contributed by atoms with Gasteiger partial charge in [-0.3, -0.25) is 19.3 Å². The van der Waals surface area contributed by atoms with Gasteiger partial charge in [-0.2, -0.15) is 0 Å². The highest BCUT2D eigenvalue weighted by Crippen LogP contribution is 2.23. The van der Waals surface area contributed by atoms with Crippen LogP contribution in [0.1, 0.15) is 42.5 Å². The Labute approximate surface area is 178 Å². The molecule has 0 aromatic heterocycles. The van der Waals surface area contributed by atoms with Gasteiger partial charge in [-0.25, -0.2) is 0 Å². The molecule has 7 heteroatoms. The number of hydrogen-bond acceptors (Lipinski definition) is 4. The van der Waals surface area contributed by atoms with Crippen molar-refractivity contribution in [3.63, 3.8) is 0 Å². The topological polar surface area (TPSA) is 64.2 Å². The molecule has 0 spiro atoms. The number of carbonyl (C=O) groups excluding carboxylic acids is 3. The lowest BCUT2D eigenvalue weighted by molar-refractivity contribution is -0.135. The lowest BCUT2D eigenvalue weighted by Gasteiger charge is -2.30. The average molecular weight is 413 g/mol. The van der Waals surface area contributed by atoms with Crippen LogP contribution in [0.5, 0.6) is 0 Å². The zero-order valence-corrected chi connectivity index (χ0v) is 17.7. The fraction of sp³-hybridized carbons (Fsp3) is 0.609. The minimum Gasteiger partial charge on any atom is -0.342 e. The second kappa shape index (κ2) is 9.60. The molecule has 3 saturated heterocycles. The van der Waals surface area contributed by atoms with Crippen LogP contribution >= 0.6 is 0 Å². The fourth-order valence-electron chi connectivity index (χ4n) is 4.83. The van der Waals surface area contributed by atoms with E-state index in [1.165, 1.54) is 0 Å². The summed E-state index contributed by atoms with van der Waals surface area (Å²) in [7, 11) is 0. The van der Waals surface area contributed by atoms with Gasteiger partial charge in [0.1, 0.15) is 6.04 Å². The van der Waals surface area contributed by atoms with E-state index in [1.807, 2.05) is 40.1 Å². The fourth-order valence-corrected chi connectivity index (χ4v) is 4.83. The minimum atomic E-state index is -0.365. The molecule has 3 aliphatic rings. The maximum atomic E-state index is 13.3. The molecule has 3 heterocycles. The van der Waals surface area contributed by atoms with Crippen LogP contribution in [0.3, 0.4) is 0 Å². The van der Waals surface area contributed by atoms with Crippen molar-refractivity contribution < 1.29 is 14.4 Å². The Morgan fingerprint density at radius 3 is 2.27 bits per heavy atom. The summed E-state index contributed by atoms with van der Waals surface area (Å²) in [5.41, 5.74) is 0.639. The normalized spacial score (nSPS) is 22.9. The van der Waals surface area contributed by atoms with E-state index < -0.39 is 0 Å². The van der Waals surface area contributed by atoms with Gasteiger partial charge < -0.3 is 14.7 Å². The quantitative estimate of drug-likeness (QED) is 0.751. The first kappa shape index (κ1) is 20.8. The molecular formula is C23H32N4O3. The lowest BCUT2D eigenvalue weighted by Crippen LogP contribution is -2.49. The van der Waals surface area contributed by atoms with Crippen molar-refractivity contribution in [2.45, 2.75) is 38.1 Å². The summed E-state index contributed by atoms with van der Waals surface area (Å²) in [6, 6.07) is 8.85. The molecule has 1 unspecified atom stereocenters. The molecule has 1 aromatic carbocycles. The van der Waals surface area contributed by atoms with E-state index >= 15 is 0 Å². The van der Waals surface area contributed by atoms with Gasteiger partial charge in [0.2, 0.25) is 11.8 Å². The number of carbonyl (C=O) groups is 3. The molecule has 0 radical (unpaired) electrons. The predicted molar refractivity (Wildman–Crippen MR) is 114 cm³/mol. The van der Waals surface area contributed by atoms with Crippen LogP contribution in [0.15, 0.2) is 30.3 Å². The van der Waals surface area contributed by atoms with Crippen LogP contribution < -0.4 is 0 Å². The molecule has 30 heavy (non-hydrogen) atoms. The van der Waals surface area contributed by atoms with E-state index in [9.17, 15) is 14.4 Å². The Hall–Kier alpha value is -2.41. The van der Waals surface area contributed by atoms with Crippen LogP contribution in [0.25, 0.3) is 0 Å². The van der Waals surface area contributed by atoms with Gasteiger partial charge in [0.25, 0.3) is 5.91 Å². The van der Waals surface area contributed by atoms with Gasteiger partial charge in [0.15, 0.2) is 0 Å². The highest BCUT2D eigenvalue weighted by Gasteiger charge is 2.37. The number of rotatable bonds is 4. The summed E-state index contributed by atoms with van der Waals surface area (Å²) in [6.07, 6.45) is 4.66. The first-order valence-corrected chi connectivity index (χ1v) is 11.3. The number of nitrogens with zero attached hydrogens (tertiary/aromatic N) is 4. The van der Waals surface area contributed by atoms with E-state index in [-0.39, 0.29) is 23.8 Å². The highest BCUT2D eigenvalue weighted by atomic mass is 16.2. The number of hydrogen-bond donors (Lipinski definition) is 0. The molecule has 0 bridgehead atoms. The smallest absolute Gasteiger partial charge is 0.254 e. The molecule has 3 fully saturated rings. The summed E-state index contributed by atoms with van der Waals surface area (Å²) in [6.45, 7) is 5.70. The van der Waals surface area contributed by atoms with E-state index in [4.69, 9.17) is 0 Å². The zero-order chi connectivity index (χ0) is 20.9. The second-order valence-corrected chi connectivity index (χ2v) is 8.57. The third kappa shape index (κ3) is 4.67. The highest BCUT2D eigenvalue weighted by molar-refractivity contribution is 5.98. The molecule has 0 saturated carbocycles. The van der Waals surface area contributed by atoms with Crippen LogP contribution in [0.2, 0.25) is 0 Å². The largest absolute Gasteiger partial charge is 0.342 e. The molecule has 1 atom stereocenters. The van der Waals surface area contributed by atoms with Crippen LogP contribution in [-0.4, -0.2) is 95.7 Å². The summed E-state index contributed by atoms with van der Waals surface area (Å²) < 4.78 is 0. The van der Waals surface area contributed by atoms with Gasteiger partial charge >= 0.3 is 0 Å². The van der Waals surface area contributed by atoms with Crippen LogP contribution in [0.4, 0.5) is 0 Å². The predicted octanol–water partition coefficient (Wildman–Crippen LogP) is 1.45. The van der Waals surface area contributed by atoms with Crippen molar-refractivity contribution in [1.29, 1.82) is 0 Å². The summed E-state index contributed by atoms with van der Waals surface area (Å²) in [5, 5.41) is 0. The Morgan fingerprint density at radius 1 is 0.767 bits per heavy atom. The second-order valence-electron chi connectivity index (χ2n) is 8.57. The summed E-state index contributed by atoms with van der Waals surface area (Å²) >= 11 is 0. The Bertz CT molecular complexity index is 763. The lowest BCUT2D eigenvalue weighted by atomic mass is 10.1. The molecule has 0 N–H and O–H groups in total. The average Bonchev–Trinajstić information content (AvgIpc) is 3.43. The first-order chi connectivity index (χ1) is 14.6.